The first kappa shape index (κ1) is 14.5. The van der Waals surface area contributed by atoms with E-state index in [1.165, 1.54) is 0 Å². The van der Waals surface area contributed by atoms with E-state index >= 15 is 0 Å². The first-order chi connectivity index (χ1) is 8.16. The Morgan fingerprint density at radius 3 is 3.00 bits per heavy atom. The van der Waals surface area contributed by atoms with Gasteiger partial charge in [0, 0.05) is 24.2 Å². The highest BCUT2D eigenvalue weighted by molar-refractivity contribution is 9.10. The lowest BCUT2D eigenvalue weighted by Gasteiger charge is -2.07. The van der Waals surface area contributed by atoms with Crippen LogP contribution in [-0.2, 0) is 4.74 Å². The van der Waals surface area contributed by atoms with Crippen LogP contribution < -0.4 is 5.32 Å². The normalized spacial score (nSPS) is 10.3. The van der Waals surface area contributed by atoms with E-state index in [-0.39, 0.29) is 5.91 Å². The number of hydrogen-bond acceptors (Lipinski definition) is 2. The molecule has 0 aliphatic heterocycles. The summed E-state index contributed by atoms with van der Waals surface area (Å²) in [5.41, 5.74) is 0.484. The topological polar surface area (TPSA) is 38.3 Å². The quantitative estimate of drug-likeness (QED) is 0.817. The average Bonchev–Trinajstić information content (AvgIpc) is 2.32. The maximum Gasteiger partial charge on any atom is 0.252 e. The molecule has 1 N–H and O–H groups in total. The summed E-state index contributed by atoms with van der Waals surface area (Å²) in [7, 11) is 0. The van der Waals surface area contributed by atoms with E-state index in [2.05, 4.69) is 21.2 Å². The Balaban J connectivity index is 2.44. The van der Waals surface area contributed by atoms with Crippen molar-refractivity contribution >= 4 is 33.4 Å². The molecule has 1 aromatic carbocycles. The fourth-order valence-electron chi connectivity index (χ4n) is 1.29. The molecule has 0 heterocycles. The van der Waals surface area contributed by atoms with Crippen molar-refractivity contribution in [1.82, 2.24) is 5.32 Å². The van der Waals surface area contributed by atoms with Gasteiger partial charge in [-0.05, 0) is 41.4 Å². The zero-order valence-corrected chi connectivity index (χ0v) is 12.0. The van der Waals surface area contributed by atoms with Gasteiger partial charge in [-0.3, -0.25) is 4.79 Å². The molecule has 94 valence electrons. The van der Waals surface area contributed by atoms with Gasteiger partial charge in [0.1, 0.15) is 0 Å². The molecule has 0 aliphatic carbocycles. The summed E-state index contributed by atoms with van der Waals surface area (Å²) in [5, 5.41) is 3.24. The van der Waals surface area contributed by atoms with Crippen LogP contribution in [0.25, 0.3) is 0 Å². The van der Waals surface area contributed by atoms with E-state index in [0.717, 1.165) is 10.9 Å². The van der Waals surface area contributed by atoms with E-state index in [1.54, 1.807) is 18.2 Å². The lowest BCUT2D eigenvalue weighted by Crippen LogP contribution is -2.25. The third-order valence-electron chi connectivity index (χ3n) is 2.15. The lowest BCUT2D eigenvalue weighted by molar-refractivity contribution is 0.0944. The van der Waals surface area contributed by atoms with Crippen molar-refractivity contribution in [2.45, 2.75) is 13.3 Å². The lowest BCUT2D eigenvalue weighted by atomic mass is 10.2. The first-order valence-electron chi connectivity index (χ1n) is 5.46. The molecule has 0 atom stereocenters. The molecule has 0 aliphatic rings. The van der Waals surface area contributed by atoms with Gasteiger partial charge < -0.3 is 10.1 Å². The van der Waals surface area contributed by atoms with Crippen LogP contribution in [0.5, 0.6) is 0 Å². The molecular formula is C12H15BrClNO2. The summed E-state index contributed by atoms with van der Waals surface area (Å²) in [5.74, 6) is -0.159. The maximum atomic E-state index is 11.8. The third kappa shape index (κ3) is 4.66. The Morgan fingerprint density at radius 2 is 2.29 bits per heavy atom. The van der Waals surface area contributed by atoms with Gasteiger partial charge in [-0.25, -0.2) is 0 Å². The van der Waals surface area contributed by atoms with Crippen LogP contribution in [0.15, 0.2) is 22.7 Å². The Labute approximate surface area is 115 Å². The molecule has 0 saturated heterocycles. The van der Waals surface area contributed by atoms with Crippen molar-refractivity contribution in [2.75, 3.05) is 19.8 Å². The number of hydrogen-bond donors (Lipinski definition) is 1. The van der Waals surface area contributed by atoms with Gasteiger partial charge in [0.15, 0.2) is 0 Å². The fraction of sp³-hybridized carbons (Fsp3) is 0.417. The highest BCUT2D eigenvalue weighted by Gasteiger charge is 2.11. The number of benzene rings is 1. The van der Waals surface area contributed by atoms with Gasteiger partial charge >= 0.3 is 0 Å². The Hall–Kier alpha value is -0.580. The molecule has 0 radical (unpaired) electrons. The molecule has 0 unspecified atom stereocenters. The van der Waals surface area contributed by atoms with Crippen molar-refractivity contribution < 1.29 is 9.53 Å². The smallest absolute Gasteiger partial charge is 0.252 e. The van der Waals surface area contributed by atoms with Crippen molar-refractivity contribution in [3.8, 4) is 0 Å². The van der Waals surface area contributed by atoms with E-state index < -0.39 is 0 Å². The summed E-state index contributed by atoms with van der Waals surface area (Å²) >= 11 is 9.30. The highest BCUT2D eigenvalue weighted by atomic mass is 79.9. The second-order valence-corrected chi connectivity index (χ2v) is 4.64. The zero-order chi connectivity index (χ0) is 12.7. The van der Waals surface area contributed by atoms with Crippen molar-refractivity contribution in [3.05, 3.63) is 33.3 Å². The molecule has 0 spiro atoms. The molecule has 0 bridgehead atoms. The predicted molar refractivity (Wildman–Crippen MR) is 72.6 cm³/mol. The van der Waals surface area contributed by atoms with Crippen molar-refractivity contribution in [1.29, 1.82) is 0 Å². The third-order valence-corrected chi connectivity index (χ3v) is 3.45. The fourth-order valence-corrected chi connectivity index (χ4v) is 1.87. The summed E-state index contributed by atoms with van der Waals surface area (Å²) in [6, 6.07) is 5.28. The molecule has 0 aromatic heterocycles. The molecule has 1 aromatic rings. The largest absolute Gasteiger partial charge is 0.382 e. The van der Waals surface area contributed by atoms with Crippen molar-refractivity contribution in [3.63, 3.8) is 0 Å². The van der Waals surface area contributed by atoms with Crippen LogP contribution >= 0.6 is 27.5 Å². The van der Waals surface area contributed by atoms with E-state index in [9.17, 15) is 4.79 Å². The second kappa shape index (κ2) is 7.69. The molecule has 0 saturated carbocycles. The van der Waals surface area contributed by atoms with E-state index in [1.807, 2.05) is 6.92 Å². The predicted octanol–water partition coefficient (Wildman–Crippen LogP) is 3.26. The molecule has 1 rings (SSSR count). The number of amides is 1. The number of ether oxygens (including phenoxy) is 1. The standard InChI is InChI=1S/C12H15BrClNO2/c1-2-17-8-4-7-15-12(16)9-5-3-6-10(13)11(9)14/h3,5-6H,2,4,7-8H2,1H3,(H,15,16). The minimum Gasteiger partial charge on any atom is -0.382 e. The van der Waals surface area contributed by atoms with E-state index in [4.69, 9.17) is 16.3 Å². The zero-order valence-electron chi connectivity index (χ0n) is 9.63. The van der Waals surface area contributed by atoms with Crippen LogP contribution in [-0.4, -0.2) is 25.7 Å². The maximum absolute atomic E-state index is 11.8. The van der Waals surface area contributed by atoms with Gasteiger partial charge in [0.25, 0.3) is 5.91 Å². The minimum absolute atomic E-state index is 0.159. The molecule has 17 heavy (non-hydrogen) atoms. The summed E-state index contributed by atoms with van der Waals surface area (Å²) in [4.78, 5) is 11.8. The Morgan fingerprint density at radius 1 is 1.53 bits per heavy atom. The minimum atomic E-state index is -0.159. The van der Waals surface area contributed by atoms with Gasteiger partial charge in [-0.15, -0.1) is 0 Å². The summed E-state index contributed by atoms with van der Waals surface area (Å²) in [6.45, 7) is 3.88. The molecule has 5 heteroatoms. The van der Waals surface area contributed by atoms with Gasteiger partial charge in [0.05, 0.1) is 10.6 Å². The van der Waals surface area contributed by atoms with Crippen LogP contribution in [0.3, 0.4) is 0 Å². The summed E-state index contributed by atoms with van der Waals surface area (Å²) in [6.07, 6.45) is 0.797. The van der Waals surface area contributed by atoms with Crippen LogP contribution in [0.4, 0.5) is 0 Å². The van der Waals surface area contributed by atoms with Gasteiger partial charge in [-0.1, -0.05) is 17.7 Å². The highest BCUT2D eigenvalue weighted by Crippen LogP contribution is 2.25. The second-order valence-electron chi connectivity index (χ2n) is 3.41. The van der Waals surface area contributed by atoms with Crippen molar-refractivity contribution in [2.24, 2.45) is 0 Å². The van der Waals surface area contributed by atoms with Crippen LogP contribution in [0.2, 0.25) is 5.02 Å². The average molecular weight is 321 g/mol. The molecule has 1 amide bonds. The molecule has 3 nitrogen and oxygen atoms in total. The number of halogens is 2. The SMILES string of the molecule is CCOCCCNC(=O)c1cccc(Br)c1Cl. The molecule has 0 fully saturated rings. The Bertz CT molecular complexity index is 385. The van der Waals surface area contributed by atoms with Crippen LogP contribution in [0, 0.1) is 0 Å². The molecular weight excluding hydrogens is 305 g/mol. The monoisotopic (exact) mass is 319 g/mol. The van der Waals surface area contributed by atoms with E-state index in [0.29, 0.717) is 30.3 Å². The number of carbonyl (C=O) groups is 1. The first-order valence-corrected chi connectivity index (χ1v) is 6.64. The van der Waals surface area contributed by atoms with Gasteiger partial charge in [-0.2, -0.15) is 0 Å². The number of carbonyl (C=O) groups excluding carboxylic acids is 1. The summed E-state index contributed by atoms with van der Waals surface area (Å²) < 4.78 is 5.90. The Kier molecular flexibility index (Phi) is 6.55. The number of nitrogens with one attached hydrogen (secondary N) is 1. The van der Waals surface area contributed by atoms with Gasteiger partial charge in [0.2, 0.25) is 0 Å². The number of rotatable bonds is 6. The van der Waals surface area contributed by atoms with Crippen LogP contribution in [0.1, 0.15) is 23.7 Å².